The molecule has 0 aliphatic rings. The Labute approximate surface area is 171 Å². The lowest BCUT2D eigenvalue weighted by Crippen LogP contribution is -1.96. The quantitative estimate of drug-likeness (QED) is 0.484. The zero-order chi connectivity index (χ0) is 22.8. The minimum Gasteiger partial charge on any atom is -0.478 e. The van der Waals surface area contributed by atoms with Gasteiger partial charge < -0.3 is 20.4 Å². The van der Waals surface area contributed by atoms with Crippen LogP contribution in [-0.4, -0.2) is 44.9 Å². The number of hydrogen-bond acceptors (Lipinski definition) is 4. The summed E-state index contributed by atoms with van der Waals surface area (Å²) in [5.74, 6) is -2.70. The fourth-order valence-corrected chi connectivity index (χ4v) is 1.56. The van der Waals surface area contributed by atoms with E-state index in [9.17, 15) is 14.4 Å². The third-order valence-corrected chi connectivity index (χ3v) is 3.35. The Morgan fingerprint density at radius 3 is 1.59 bits per heavy atom. The van der Waals surface area contributed by atoms with Crippen LogP contribution in [0.5, 0.6) is 0 Å². The number of aliphatic hydroxyl groups is 1. The van der Waals surface area contributed by atoms with Crippen molar-refractivity contribution >= 4 is 17.9 Å². The number of aliphatic carboxylic acids is 3. The van der Waals surface area contributed by atoms with Crippen LogP contribution < -0.4 is 0 Å². The fourth-order valence-electron chi connectivity index (χ4n) is 1.56. The molecule has 0 radical (unpaired) electrons. The number of aryl methyl sites for hydroxylation is 1. The lowest BCUT2D eigenvalue weighted by atomic mass is 10.1. The molecule has 0 aliphatic heterocycles. The third kappa shape index (κ3) is 18.0. The molecule has 0 saturated heterocycles. The smallest absolute Gasteiger partial charge is 0.330 e. The van der Waals surface area contributed by atoms with Crippen LogP contribution in [0.15, 0.2) is 65.8 Å². The van der Waals surface area contributed by atoms with Gasteiger partial charge in [-0.3, -0.25) is 0 Å². The molecule has 29 heavy (non-hydrogen) atoms. The van der Waals surface area contributed by atoms with Gasteiger partial charge in [-0.15, -0.1) is 0 Å². The summed E-state index contributed by atoms with van der Waals surface area (Å²) in [7, 11) is 0. The Bertz CT molecular complexity index is 704. The van der Waals surface area contributed by atoms with Gasteiger partial charge in [-0.25, -0.2) is 14.4 Å². The number of allylic oxidation sites excluding steroid dienone is 1. The zero-order valence-electron chi connectivity index (χ0n) is 17.1. The molecule has 1 aromatic rings. The SMILES string of the molecule is C=C(C)C(=O)O.CC(=CCCO)C(=O)O.CC(=CCCc1ccccc1)C(=O)O. The van der Waals surface area contributed by atoms with Gasteiger partial charge in [0.25, 0.3) is 0 Å². The summed E-state index contributed by atoms with van der Waals surface area (Å²) in [6.45, 7) is 7.72. The van der Waals surface area contributed by atoms with Gasteiger partial charge in [0.1, 0.15) is 0 Å². The van der Waals surface area contributed by atoms with Crippen LogP contribution in [0.25, 0.3) is 0 Å². The van der Waals surface area contributed by atoms with Gasteiger partial charge in [-0.1, -0.05) is 49.1 Å². The summed E-state index contributed by atoms with van der Waals surface area (Å²) in [6, 6.07) is 10.0. The Kier molecular flexibility index (Phi) is 16.4. The number of carboxylic acids is 3. The van der Waals surface area contributed by atoms with Crippen molar-refractivity contribution in [2.45, 2.75) is 40.0 Å². The van der Waals surface area contributed by atoms with Crippen molar-refractivity contribution < 1.29 is 34.8 Å². The lowest BCUT2D eigenvalue weighted by Gasteiger charge is -1.97. The molecule has 1 rings (SSSR count). The van der Waals surface area contributed by atoms with Crippen LogP contribution in [0.2, 0.25) is 0 Å². The molecule has 0 aliphatic carbocycles. The molecule has 7 nitrogen and oxygen atoms in total. The molecular weight excluding hydrogens is 376 g/mol. The Hall–Kier alpha value is -3.19. The molecule has 0 heterocycles. The van der Waals surface area contributed by atoms with Crippen LogP contribution in [0.3, 0.4) is 0 Å². The van der Waals surface area contributed by atoms with E-state index in [1.165, 1.54) is 25.5 Å². The highest BCUT2D eigenvalue weighted by molar-refractivity contribution is 5.86. The van der Waals surface area contributed by atoms with E-state index >= 15 is 0 Å². The van der Waals surface area contributed by atoms with Crippen LogP contribution in [0.1, 0.15) is 39.2 Å². The molecule has 0 saturated carbocycles. The predicted octanol–water partition coefficient (Wildman–Crippen LogP) is 3.70. The van der Waals surface area contributed by atoms with E-state index in [-0.39, 0.29) is 17.8 Å². The number of carboxylic acid groups (broad SMARTS) is 3. The number of benzene rings is 1. The van der Waals surface area contributed by atoms with E-state index in [4.69, 9.17) is 20.4 Å². The number of hydrogen-bond donors (Lipinski definition) is 4. The van der Waals surface area contributed by atoms with Crippen LogP contribution in [0.4, 0.5) is 0 Å². The molecule has 0 spiro atoms. The van der Waals surface area contributed by atoms with Crippen LogP contribution in [-0.2, 0) is 20.8 Å². The molecular formula is C22H30O7. The average Bonchev–Trinajstić information content (AvgIpc) is 2.67. The first-order valence-corrected chi connectivity index (χ1v) is 8.86. The highest BCUT2D eigenvalue weighted by Gasteiger charge is 1.98. The maximum absolute atomic E-state index is 10.5. The predicted molar refractivity (Wildman–Crippen MR) is 112 cm³/mol. The molecule has 0 unspecified atom stereocenters. The van der Waals surface area contributed by atoms with E-state index in [1.54, 1.807) is 13.0 Å². The molecule has 1 aromatic carbocycles. The van der Waals surface area contributed by atoms with Crippen molar-refractivity contribution in [3.8, 4) is 0 Å². The Morgan fingerprint density at radius 1 is 0.828 bits per heavy atom. The Balaban J connectivity index is 0. The largest absolute Gasteiger partial charge is 0.478 e. The fraction of sp³-hybridized carbons (Fsp3) is 0.318. The van der Waals surface area contributed by atoms with Crippen LogP contribution >= 0.6 is 0 Å². The van der Waals surface area contributed by atoms with E-state index < -0.39 is 17.9 Å². The second-order valence-corrected chi connectivity index (χ2v) is 6.01. The summed E-state index contributed by atoms with van der Waals surface area (Å²) >= 11 is 0. The van der Waals surface area contributed by atoms with Crippen LogP contribution in [0, 0.1) is 0 Å². The highest BCUT2D eigenvalue weighted by atomic mass is 16.4. The van der Waals surface area contributed by atoms with Gasteiger partial charge in [0, 0.05) is 23.3 Å². The molecule has 4 N–H and O–H groups in total. The maximum Gasteiger partial charge on any atom is 0.330 e. The summed E-state index contributed by atoms with van der Waals surface area (Å²) < 4.78 is 0. The van der Waals surface area contributed by atoms with Gasteiger partial charge >= 0.3 is 17.9 Å². The number of aliphatic hydroxyl groups excluding tert-OH is 1. The first-order valence-electron chi connectivity index (χ1n) is 8.86. The molecule has 160 valence electrons. The van der Waals surface area contributed by atoms with Gasteiger partial charge in [0.2, 0.25) is 0 Å². The standard InChI is InChI=1S/C12H14O2.C6H10O3.C4H6O2/c1-10(12(13)14)6-5-9-11-7-3-2-4-8-11;1-5(6(8)9)3-2-4-7;1-3(2)4(5)6/h2-4,6-8H,5,9H2,1H3,(H,13,14);3,7H,2,4H2,1H3,(H,8,9);1H2,2H3,(H,5,6). The van der Waals surface area contributed by atoms with E-state index in [2.05, 4.69) is 6.58 Å². The van der Waals surface area contributed by atoms with Crippen molar-refractivity contribution in [1.82, 2.24) is 0 Å². The second-order valence-electron chi connectivity index (χ2n) is 6.01. The van der Waals surface area contributed by atoms with Crippen molar-refractivity contribution in [3.05, 3.63) is 71.3 Å². The zero-order valence-corrected chi connectivity index (χ0v) is 17.1. The molecule has 0 aromatic heterocycles. The van der Waals surface area contributed by atoms with E-state index in [0.717, 1.165) is 12.8 Å². The normalized spacial score (nSPS) is 10.6. The van der Waals surface area contributed by atoms with Gasteiger partial charge in [0.15, 0.2) is 0 Å². The summed E-state index contributed by atoms with van der Waals surface area (Å²) in [5, 5.41) is 33.0. The summed E-state index contributed by atoms with van der Waals surface area (Å²) in [6.07, 6.45) is 5.34. The first kappa shape index (κ1) is 28.0. The lowest BCUT2D eigenvalue weighted by molar-refractivity contribution is -0.133. The van der Waals surface area contributed by atoms with E-state index in [0.29, 0.717) is 12.0 Å². The van der Waals surface area contributed by atoms with Crippen molar-refractivity contribution in [3.63, 3.8) is 0 Å². The highest BCUT2D eigenvalue weighted by Crippen LogP contribution is 2.04. The van der Waals surface area contributed by atoms with Crippen molar-refractivity contribution in [1.29, 1.82) is 0 Å². The second kappa shape index (κ2) is 16.9. The third-order valence-electron chi connectivity index (χ3n) is 3.35. The summed E-state index contributed by atoms with van der Waals surface area (Å²) in [5.41, 5.74) is 2.11. The van der Waals surface area contributed by atoms with Crippen molar-refractivity contribution in [2.75, 3.05) is 6.61 Å². The monoisotopic (exact) mass is 406 g/mol. The minimum atomic E-state index is -0.935. The average molecular weight is 406 g/mol. The van der Waals surface area contributed by atoms with Gasteiger partial charge in [-0.2, -0.15) is 0 Å². The first-order chi connectivity index (χ1) is 13.5. The van der Waals surface area contributed by atoms with E-state index in [1.807, 2.05) is 30.3 Å². The maximum atomic E-state index is 10.5. The minimum absolute atomic E-state index is 0.00458. The Morgan fingerprint density at radius 2 is 1.24 bits per heavy atom. The topological polar surface area (TPSA) is 132 Å². The van der Waals surface area contributed by atoms with Gasteiger partial charge in [-0.05, 0) is 45.6 Å². The molecule has 0 bridgehead atoms. The molecule has 7 heteroatoms. The van der Waals surface area contributed by atoms with Crippen molar-refractivity contribution in [2.24, 2.45) is 0 Å². The summed E-state index contributed by atoms with van der Waals surface area (Å²) in [4.78, 5) is 30.1. The van der Waals surface area contributed by atoms with Gasteiger partial charge in [0.05, 0.1) is 0 Å². The molecule has 0 fully saturated rings. The molecule has 0 amide bonds. The number of carbonyl (C=O) groups is 3. The number of rotatable bonds is 8. The molecule has 0 atom stereocenters.